The summed E-state index contributed by atoms with van der Waals surface area (Å²) in [7, 11) is 0. The number of aromatic nitrogens is 2. The van der Waals surface area contributed by atoms with Crippen molar-refractivity contribution in [1.82, 2.24) is 9.78 Å². The Morgan fingerprint density at radius 3 is 2.28 bits per heavy atom. The predicted octanol–water partition coefficient (Wildman–Crippen LogP) is 4.49. The van der Waals surface area contributed by atoms with E-state index in [0.717, 1.165) is 40.3 Å². The molecule has 2 aromatic carbocycles. The molecule has 1 radical (unpaired) electrons. The van der Waals surface area contributed by atoms with Crippen molar-refractivity contribution in [1.29, 1.82) is 0 Å². The lowest BCUT2D eigenvalue weighted by Crippen LogP contribution is -2.05. The van der Waals surface area contributed by atoms with Crippen LogP contribution in [0, 0.1) is 20.8 Å². The minimum Gasteiger partial charge on any atom is -0.326 e. The van der Waals surface area contributed by atoms with Crippen LogP contribution in [0.2, 0.25) is 0 Å². The summed E-state index contributed by atoms with van der Waals surface area (Å²) in [5.74, 6) is -0.0707. The number of nitrogens with zero attached hydrogens (tertiary/aromatic N) is 2. The Labute approximate surface area is 148 Å². The third kappa shape index (κ3) is 3.48. The van der Waals surface area contributed by atoms with Crippen molar-refractivity contribution in [3.05, 3.63) is 72.4 Å². The van der Waals surface area contributed by atoms with Crippen LogP contribution in [0.15, 0.2) is 48.5 Å². The van der Waals surface area contributed by atoms with E-state index in [2.05, 4.69) is 43.4 Å². The Hall–Kier alpha value is -2.88. The van der Waals surface area contributed by atoms with Gasteiger partial charge in [0.1, 0.15) is 0 Å². The lowest BCUT2D eigenvalue weighted by Gasteiger charge is -2.08. The topological polar surface area (TPSA) is 46.9 Å². The van der Waals surface area contributed by atoms with E-state index in [1.54, 1.807) is 0 Å². The maximum atomic E-state index is 11.2. The van der Waals surface area contributed by atoms with Crippen LogP contribution in [0.1, 0.15) is 23.9 Å². The van der Waals surface area contributed by atoms with Gasteiger partial charge in [0.2, 0.25) is 5.91 Å². The van der Waals surface area contributed by atoms with Crippen molar-refractivity contribution in [2.24, 2.45) is 0 Å². The molecule has 0 saturated heterocycles. The summed E-state index contributed by atoms with van der Waals surface area (Å²) >= 11 is 0. The van der Waals surface area contributed by atoms with Gasteiger partial charge in [-0.25, -0.2) is 4.68 Å². The van der Waals surface area contributed by atoms with E-state index in [4.69, 9.17) is 5.10 Å². The van der Waals surface area contributed by atoms with Crippen molar-refractivity contribution in [2.45, 2.75) is 27.2 Å². The van der Waals surface area contributed by atoms with Gasteiger partial charge >= 0.3 is 0 Å². The summed E-state index contributed by atoms with van der Waals surface area (Å²) < 4.78 is 1.97. The van der Waals surface area contributed by atoms with E-state index in [-0.39, 0.29) is 5.91 Å². The zero-order valence-corrected chi connectivity index (χ0v) is 14.8. The van der Waals surface area contributed by atoms with Crippen LogP contribution in [0.3, 0.4) is 0 Å². The summed E-state index contributed by atoms with van der Waals surface area (Å²) in [6.45, 7) is 9.51. The van der Waals surface area contributed by atoms with Gasteiger partial charge in [0.15, 0.2) is 0 Å². The van der Waals surface area contributed by atoms with Gasteiger partial charge in [0.05, 0.1) is 11.4 Å². The molecule has 0 fully saturated rings. The second kappa shape index (κ2) is 6.93. The molecule has 3 rings (SSSR count). The van der Waals surface area contributed by atoms with Crippen LogP contribution in [0.25, 0.3) is 16.8 Å². The molecule has 127 valence electrons. The number of amides is 1. The maximum Gasteiger partial charge on any atom is 0.221 e. The molecule has 1 amide bonds. The van der Waals surface area contributed by atoms with Crippen LogP contribution in [0.4, 0.5) is 5.69 Å². The van der Waals surface area contributed by atoms with E-state index in [0.29, 0.717) is 0 Å². The predicted molar refractivity (Wildman–Crippen MR) is 102 cm³/mol. The number of nitrogens with one attached hydrogen (secondary N) is 1. The van der Waals surface area contributed by atoms with Crippen LogP contribution in [-0.4, -0.2) is 15.7 Å². The molecule has 0 saturated carbocycles. The van der Waals surface area contributed by atoms with E-state index in [1.165, 1.54) is 12.5 Å². The van der Waals surface area contributed by atoms with Gasteiger partial charge in [-0.15, -0.1) is 0 Å². The highest BCUT2D eigenvalue weighted by Gasteiger charge is 2.14. The third-order valence-corrected chi connectivity index (χ3v) is 4.25. The van der Waals surface area contributed by atoms with Crippen LogP contribution >= 0.6 is 0 Å². The molecule has 0 unspecified atom stereocenters. The molecular weight excluding hydrogens is 310 g/mol. The SMILES string of the molecule is [CH2]Cc1ccc(-n2nc(C)c(-c3ccc(NC(C)=O)cc3)c2C)cc1. The fraction of sp³-hybridized carbons (Fsp3) is 0.190. The third-order valence-electron chi connectivity index (χ3n) is 4.25. The van der Waals surface area contributed by atoms with Gasteiger partial charge in [-0.3, -0.25) is 4.79 Å². The lowest BCUT2D eigenvalue weighted by atomic mass is 10.0. The van der Waals surface area contributed by atoms with Crippen molar-refractivity contribution in [3.63, 3.8) is 0 Å². The Morgan fingerprint density at radius 2 is 1.72 bits per heavy atom. The molecule has 0 atom stereocenters. The van der Waals surface area contributed by atoms with E-state index in [9.17, 15) is 4.79 Å². The Bertz CT molecular complexity index is 890. The number of hydrogen-bond acceptors (Lipinski definition) is 2. The molecular formula is C21H22N3O. The molecule has 4 nitrogen and oxygen atoms in total. The normalized spacial score (nSPS) is 10.7. The number of hydrogen-bond donors (Lipinski definition) is 1. The van der Waals surface area contributed by atoms with Crippen LogP contribution < -0.4 is 5.32 Å². The lowest BCUT2D eigenvalue weighted by molar-refractivity contribution is -0.114. The van der Waals surface area contributed by atoms with Crippen molar-refractivity contribution in [3.8, 4) is 16.8 Å². The van der Waals surface area contributed by atoms with Crippen molar-refractivity contribution in [2.75, 3.05) is 5.32 Å². The second-order valence-corrected chi connectivity index (χ2v) is 6.13. The molecule has 0 bridgehead atoms. The Kier molecular flexibility index (Phi) is 4.70. The fourth-order valence-corrected chi connectivity index (χ4v) is 3.04. The summed E-state index contributed by atoms with van der Waals surface area (Å²) in [5.41, 5.74) is 7.32. The van der Waals surface area contributed by atoms with Crippen molar-refractivity contribution < 1.29 is 4.79 Å². The average molecular weight is 332 g/mol. The number of rotatable bonds is 4. The number of aryl methyl sites for hydroxylation is 1. The molecule has 1 N–H and O–H groups in total. The monoisotopic (exact) mass is 332 g/mol. The first kappa shape index (κ1) is 17.0. The van der Waals surface area contributed by atoms with Gasteiger partial charge in [0.25, 0.3) is 0 Å². The van der Waals surface area contributed by atoms with Gasteiger partial charge in [-0.1, -0.05) is 24.3 Å². The number of carbonyl (C=O) groups is 1. The summed E-state index contributed by atoms with van der Waals surface area (Å²) in [6.07, 6.45) is 0.781. The first-order valence-corrected chi connectivity index (χ1v) is 8.32. The first-order chi connectivity index (χ1) is 12.0. The highest BCUT2D eigenvalue weighted by molar-refractivity contribution is 5.89. The molecule has 0 aliphatic rings. The molecule has 3 aromatic rings. The highest BCUT2D eigenvalue weighted by atomic mass is 16.1. The van der Waals surface area contributed by atoms with E-state index >= 15 is 0 Å². The van der Waals surface area contributed by atoms with Crippen LogP contribution in [-0.2, 0) is 11.2 Å². The molecule has 0 aliphatic heterocycles. The molecule has 1 aromatic heterocycles. The molecule has 4 heteroatoms. The van der Waals surface area contributed by atoms with Gasteiger partial charge in [0, 0.05) is 23.9 Å². The van der Waals surface area contributed by atoms with E-state index in [1.807, 2.05) is 35.9 Å². The smallest absolute Gasteiger partial charge is 0.221 e. The minimum atomic E-state index is -0.0707. The van der Waals surface area contributed by atoms with Gasteiger partial charge < -0.3 is 5.32 Å². The average Bonchev–Trinajstić information content (AvgIpc) is 2.90. The molecule has 1 heterocycles. The largest absolute Gasteiger partial charge is 0.326 e. The quantitative estimate of drug-likeness (QED) is 0.765. The number of anilines is 1. The molecule has 0 spiro atoms. The minimum absolute atomic E-state index is 0.0707. The molecule has 25 heavy (non-hydrogen) atoms. The Morgan fingerprint density at radius 1 is 1.08 bits per heavy atom. The number of carbonyl (C=O) groups excluding carboxylic acids is 1. The van der Waals surface area contributed by atoms with Crippen LogP contribution in [0.5, 0.6) is 0 Å². The summed E-state index contributed by atoms with van der Waals surface area (Å²) in [6, 6.07) is 16.2. The zero-order valence-electron chi connectivity index (χ0n) is 14.8. The van der Waals surface area contributed by atoms with Gasteiger partial charge in [-0.05, 0) is 62.6 Å². The fourth-order valence-electron chi connectivity index (χ4n) is 3.04. The number of benzene rings is 2. The van der Waals surface area contributed by atoms with E-state index < -0.39 is 0 Å². The Balaban J connectivity index is 1.97. The first-order valence-electron chi connectivity index (χ1n) is 8.32. The second-order valence-electron chi connectivity index (χ2n) is 6.13. The van der Waals surface area contributed by atoms with Crippen molar-refractivity contribution >= 4 is 11.6 Å². The standard InChI is InChI=1S/C21H22N3O/c1-5-17-6-12-20(13-7-17)24-15(3)21(14(2)23-24)18-8-10-19(11-9-18)22-16(4)25/h6-13H,1,5H2,2-4H3,(H,22,25). The van der Waals surface area contributed by atoms with Gasteiger partial charge in [-0.2, -0.15) is 5.10 Å². The summed E-state index contributed by atoms with van der Waals surface area (Å²) in [4.78, 5) is 11.2. The highest BCUT2D eigenvalue weighted by Crippen LogP contribution is 2.29. The summed E-state index contributed by atoms with van der Waals surface area (Å²) in [5, 5.41) is 7.50. The zero-order chi connectivity index (χ0) is 18.0. The molecule has 0 aliphatic carbocycles. The maximum absolute atomic E-state index is 11.2.